The maximum atomic E-state index is 12.1. The SMILES string of the molecule is COC1CNC(C(=O)NCC2Cc3ccccc3O2)C1. The Morgan fingerprint density at radius 2 is 2.35 bits per heavy atom. The predicted molar refractivity (Wildman–Crippen MR) is 74.8 cm³/mol. The number of para-hydroxylation sites is 1. The van der Waals surface area contributed by atoms with Crippen molar-refractivity contribution in [3.8, 4) is 5.75 Å². The molecular formula is C15H20N2O3. The van der Waals surface area contributed by atoms with E-state index < -0.39 is 0 Å². The van der Waals surface area contributed by atoms with Gasteiger partial charge in [-0.25, -0.2) is 0 Å². The highest BCUT2D eigenvalue weighted by molar-refractivity contribution is 5.82. The van der Waals surface area contributed by atoms with Crippen LogP contribution in [0.4, 0.5) is 0 Å². The average molecular weight is 276 g/mol. The summed E-state index contributed by atoms with van der Waals surface area (Å²) in [6.45, 7) is 1.28. The fraction of sp³-hybridized carbons (Fsp3) is 0.533. The van der Waals surface area contributed by atoms with Crippen LogP contribution in [0.15, 0.2) is 24.3 Å². The largest absolute Gasteiger partial charge is 0.488 e. The third-order valence-electron chi connectivity index (χ3n) is 3.96. The number of hydrogen-bond acceptors (Lipinski definition) is 4. The zero-order valence-corrected chi connectivity index (χ0v) is 11.6. The van der Waals surface area contributed by atoms with E-state index in [1.807, 2.05) is 18.2 Å². The monoisotopic (exact) mass is 276 g/mol. The smallest absolute Gasteiger partial charge is 0.237 e. The van der Waals surface area contributed by atoms with E-state index in [0.29, 0.717) is 6.54 Å². The second-order valence-corrected chi connectivity index (χ2v) is 5.35. The van der Waals surface area contributed by atoms with Crippen LogP contribution < -0.4 is 15.4 Å². The summed E-state index contributed by atoms with van der Waals surface area (Å²) >= 11 is 0. The Morgan fingerprint density at radius 3 is 3.10 bits per heavy atom. The molecule has 1 aromatic carbocycles. The molecule has 5 heteroatoms. The minimum atomic E-state index is -0.149. The van der Waals surface area contributed by atoms with Gasteiger partial charge in [-0.3, -0.25) is 4.79 Å². The van der Waals surface area contributed by atoms with Crippen molar-refractivity contribution in [2.75, 3.05) is 20.2 Å². The average Bonchev–Trinajstić information content (AvgIpc) is 3.10. The van der Waals surface area contributed by atoms with Gasteiger partial charge < -0.3 is 20.1 Å². The molecule has 2 aliphatic rings. The minimum Gasteiger partial charge on any atom is -0.488 e. The molecule has 1 saturated heterocycles. The first-order chi connectivity index (χ1) is 9.76. The van der Waals surface area contributed by atoms with Gasteiger partial charge in [0.05, 0.1) is 18.7 Å². The van der Waals surface area contributed by atoms with Crippen molar-refractivity contribution in [2.24, 2.45) is 0 Å². The zero-order chi connectivity index (χ0) is 13.9. The van der Waals surface area contributed by atoms with Gasteiger partial charge in [-0.1, -0.05) is 18.2 Å². The number of rotatable bonds is 4. The Bertz CT molecular complexity index is 467. The quantitative estimate of drug-likeness (QED) is 0.840. The molecule has 5 nitrogen and oxygen atoms in total. The summed E-state index contributed by atoms with van der Waals surface area (Å²) in [6.07, 6.45) is 1.76. The molecule has 0 bridgehead atoms. The highest BCUT2D eigenvalue weighted by Gasteiger charge is 2.30. The van der Waals surface area contributed by atoms with E-state index in [1.165, 1.54) is 5.56 Å². The van der Waals surface area contributed by atoms with Crippen molar-refractivity contribution in [1.29, 1.82) is 0 Å². The number of methoxy groups -OCH3 is 1. The van der Waals surface area contributed by atoms with Crippen LogP contribution in [0.2, 0.25) is 0 Å². The zero-order valence-electron chi connectivity index (χ0n) is 11.6. The van der Waals surface area contributed by atoms with E-state index in [1.54, 1.807) is 7.11 Å². The Kier molecular flexibility index (Phi) is 3.89. The fourth-order valence-electron chi connectivity index (χ4n) is 2.79. The van der Waals surface area contributed by atoms with Gasteiger partial charge in [0.15, 0.2) is 0 Å². The first-order valence-corrected chi connectivity index (χ1v) is 7.04. The Labute approximate surface area is 118 Å². The lowest BCUT2D eigenvalue weighted by molar-refractivity contribution is -0.123. The molecular weight excluding hydrogens is 256 g/mol. The number of fused-ring (bicyclic) bond motifs is 1. The second kappa shape index (κ2) is 5.81. The van der Waals surface area contributed by atoms with Crippen LogP contribution >= 0.6 is 0 Å². The van der Waals surface area contributed by atoms with Crippen LogP contribution in [0.3, 0.4) is 0 Å². The molecule has 1 fully saturated rings. The molecule has 1 aromatic rings. The Balaban J connectivity index is 1.46. The molecule has 0 aliphatic carbocycles. The summed E-state index contributed by atoms with van der Waals surface area (Å²) in [5.74, 6) is 0.967. The van der Waals surface area contributed by atoms with Gasteiger partial charge in [0.2, 0.25) is 5.91 Å². The van der Waals surface area contributed by atoms with Crippen molar-refractivity contribution < 1.29 is 14.3 Å². The lowest BCUT2D eigenvalue weighted by atomic mass is 10.1. The van der Waals surface area contributed by atoms with Crippen molar-refractivity contribution >= 4 is 5.91 Å². The van der Waals surface area contributed by atoms with Crippen LogP contribution in [0.25, 0.3) is 0 Å². The first-order valence-electron chi connectivity index (χ1n) is 7.04. The first kappa shape index (κ1) is 13.4. The lowest BCUT2D eigenvalue weighted by Gasteiger charge is -2.15. The van der Waals surface area contributed by atoms with Crippen LogP contribution in [0.1, 0.15) is 12.0 Å². The molecule has 3 unspecified atom stereocenters. The summed E-state index contributed by atoms with van der Waals surface area (Å²) in [5, 5.41) is 6.14. The van der Waals surface area contributed by atoms with Gasteiger partial charge in [-0.05, 0) is 18.1 Å². The molecule has 0 saturated carbocycles. The van der Waals surface area contributed by atoms with Gasteiger partial charge in [-0.15, -0.1) is 0 Å². The normalized spacial score (nSPS) is 27.9. The molecule has 0 aromatic heterocycles. The molecule has 2 aliphatic heterocycles. The number of benzene rings is 1. The fourth-order valence-corrected chi connectivity index (χ4v) is 2.79. The van der Waals surface area contributed by atoms with E-state index in [4.69, 9.17) is 9.47 Å². The minimum absolute atomic E-state index is 0.0316. The van der Waals surface area contributed by atoms with Crippen molar-refractivity contribution in [3.05, 3.63) is 29.8 Å². The maximum absolute atomic E-state index is 12.1. The molecule has 108 valence electrons. The summed E-state index contributed by atoms with van der Waals surface area (Å²) in [6, 6.07) is 7.87. The van der Waals surface area contributed by atoms with E-state index in [2.05, 4.69) is 16.7 Å². The van der Waals surface area contributed by atoms with Gasteiger partial charge in [0, 0.05) is 20.1 Å². The van der Waals surface area contributed by atoms with Crippen LogP contribution in [0.5, 0.6) is 5.75 Å². The maximum Gasteiger partial charge on any atom is 0.237 e. The summed E-state index contributed by atoms with van der Waals surface area (Å²) in [4.78, 5) is 12.1. The summed E-state index contributed by atoms with van der Waals surface area (Å²) in [7, 11) is 1.68. The topological polar surface area (TPSA) is 59.6 Å². The van der Waals surface area contributed by atoms with Crippen molar-refractivity contribution in [3.63, 3.8) is 0 Å². The number of amides is 1. The van der Waals surface area contributed by atoms with Gasteiger partial charge in [0.1, 0.15) is 11.9 Å². The molecule has 2 heterocycles. The van der Waals surface area contributed by atoms with Gasteiger partial charge >= 0.3 is 0 Å². The van der Waals surface area contributed by atoms with Crippen LogP contribution in [0, 0.1) is 0 Å². The number of carbonyl (C=O) groups is 1. The molecule has 3 atom stereocenters. The molecule has 0 radical (unpaired) electrons. The highest BCUT2D eigenvalue weighted by Crippen LogP contribution is 2.27. The molecule has 20 heavy (non-hydrogen) atoms. The van der Waals surface area contributed by atoms with Gasteiger partial charge in [0.25, 0.3) is 0 Å². The third kappa shape index (κ3) is 2.78. The van der Waals surface area contributed by atoms with E-state index in [-0.39, 0.29) is 24.2 Å². The predicted octanol–water partition coefficient (Wildman–Crippen LogP) is 0.483. The third-order valence-corrected chi connectivity index (χ3v) is 3.96. The van der Waals surface area contributed by atoms with E-state index >= 15 is 0 Å². The second-order valence-electron chi connectivity index (χ2n) is 5.35. The van der Waals surface area contributed by atoms with E-state index in [0.717, 1.165) is 25.1 Å². The van der Waals surface area contributed by atoms with Crippen molar-refractivity contribution in [2.45, 2.75) is 31.1 Å². The van der Waals surface area contributed by atoms with Crippen molar-refractivity contribution in [1.82, 2.24) is 10.6 Å². The number of ether oxygens (including phenoxy) is 2. The van der Waals surface area contributed by atoms with E-state index in [9.17, 15) is 4.79 Å². The summed E-state index contributed by atoms with van der Waals surface area (Å²) < 4.78 is 11.0. The van der Waals surface area contributed by atoms with Gasteiger partial charge in [-0.2, -0.15) is 0 Å². The molecule has 1 amide bonds. The summed E-state index contributed by atoms with van der Waals surface area (Å²) in [5.41, 5.74) is 1.21. The lowest BCUT2D eigenvalue weighted by Crippen LogP contribution is -2.44. The van der Waals surface area contributed by atoms with Crippen LogP contribution in [-0.4, -0.2) is 44.4 Å². The number of nitrogens with one attached hydrogen (secondary N) is 2. The molecule has 0 spiro atoms. The van der Waals surface area contributed by atoms with Crippen LogP contribution in [-0.2, 0) is 16.0 Å². The number of hydrogen-bond donors (Lipinski definition) is 2. The molecule has 3 rings (SSSR count). The Hall–Kier alpha value is -1.59. The molecule has 2 N–H and O–H groups in total. The highest BCUT2D eigenvalue weighted by atomic mass is 16.5. The number of carbonyl (C=O) groups excluding carboxylic acids is 1. The standard InChI is InChI=1S/C15H20N2O3/c1-19-11-7-13(16-8-11)15(18)17-9-12-6-10-4-2-3-5-14(10)20-12/h2-5,11-13,16H,6-9H2,1H3,(H,17,18). The Morgan fingerprint density at radius 1 is 1.50 bits per heavy atom.